The smallest absolute Gasteiger partial charge is 0.408 e. The zero-order valence-corrected chi connectivity index (χ0v) is 23.0. The van der Waals surface area contributed by atoms with Gasteiger partial charge in [-0.25, -0.2) is 9.59 Å². The number of rotatable bonds is 7. The highest BCUT2D eigenvalue weighted by molar-refractivity contribution is 5.98. The van der Waals surface area contributed by atoms with E-state index in [0.29, 0.717) is 13.0 Å². The minimum Gasteiger partial charge on any atom is -0.444 e. The summed E-state index contributed by atoms with van der Waals surface area (Å²) in [5.41, 5.74) is 1.95. The van der Waals surface area contributed by atoms with Crippen molar-refractivity contribution in [2.45, 2.75) is 70.3 Å². The number of ether oxygens (including phenoxy) is 1. The van der Waals surface area contributed by atoms with Crippen LogP contribution in [0.2, 0.25) is 0 Å². The Hall–Kier alpha value is -4.34. The maximum Gasteiger partial charge on any atom is 0.408 e. The summed E-state index contributed by atoms with van der Waals surface area (Å²) in [4.78, 5) is 58.7. The van der Waals surface area contributed by atoms with E-state index in [0.717, 1.165) is 22.0 Å². The average molecular weight is 546 g/mol. The predicted molar refractivity (Wildman–Crippen MR) is 149 cm³/mol. The molecule has 0 saturated carbocycles. The Morgan fingerprint density at radius 2 is 1.80 bits per heavy atom. The van der Waals surface area contributed by atoms with Crippen LogP contribution in [0.25, 0.3) is 10.9 Å². The number of aromatic nitrogens is 1. The Labute approximate surface area is 233 Å². The van der Waals surface area contributed by atoms with Crippen LogP contribution in [0, 0.1) is 0 Å². The van der Waals surface area contributed by atoms with Gasteiger partial charge >= 0.3 is 12.1 Å². The topological polar surface area (TPSA) is 124 Å². The Balaban J connectivity index is 1.30. The molecular weight excluding hydrogens is 510 g/mol. The molecule has 5 rings (SSSR count). The highest BCUT2D eigenvalue weighted by Crippen LogP contribution is 2.29. The number of aromatic amines is 1. The fraction of sp³-hybridized carbons (Fsp3) is 0.400. The Morgan fingerprint density at radius 3 is 2.55 bits per heavy atom. The number of imide groups is 1. The second-order valence-electron chi connectivity index (χ2n) is 11.4. The molecule has 0 bridgehead atoms. The van der Waals surface area contributed by atoms with Crippen molar-refractivity contribution in [1.29, 1.82) is 0 Å². The Morgan fingerprint density at radius 1 is 1.07 bits per heavy atom. The molecule has 0 unspecified atom stereocenters. The van der Waals surface area contributed by atoms with Gasteiger partial charge < -0.3 is 25.3 Å². The number of para-hydroxylation sites is 1. The van der Waals surface area contributed by atoms with Gasteiger partial charge in [-0.3, -0.25) is 14.5 Å². The van der Waals surface area contributed by atoms with E-state index in [1.807, 2.05) is 60.8 Å². The number of carbonyl (C=O) groups is 4. The largest absolute Gasteiger partial charge is 0.444 e. The van der Waals surface area contributed by atoms with Gasteiger partial charge in [-0.2, -0.15) is 0 Å². The number of hydrogen-bond donors (Lipinski definition) is 3. The van der Waals surface area contributed by atoms with Crippen LogP contribution < -0.4 is 10.6 Å². The standard InChI is InChI=1S/C30H35N5O5/c1-30(2,3)40-28(38)33-24(15-20-17-31-22-12-8-7-11-21(20)22)27(37)32-23-13-14-34-25(23)16-26(36)35(29(34)39)18-19-9-5-4-6-10-19/h4-12,17,23-25,31H,13-16,18H2,1-3H3,(H,32,37)(H,33,38)/t23-,24+,25-/m1/s1. The first-order valence-electron chi connectivity index (χ1n) is 13.6. The molecule has 3 aromatic rings. The van der Waals surface area contributed by atoms with E-state index >= 15 is 0 Å². The molecule has 2 saturated heterocycles. The third-order valence-corrected chi connectivity index (χ3v) is 7.32. The summed E-state index contributed by atoms with van der Waals surface area (Å²) in [7, 11) is 0. The third-order valence-electron chi connectivity index (χ3n) is 7.32. The molecule has 5 amide bonds. The lowest BCUT2D eigenvalue weighted by atomic mass is 10.0. The van der Waals surface area contributed by atoms with Crippen LogP contribution in [-0.2, 0) is 27.3 Å². The normalized spacial score (nSPS) is 19.9. The molecule has 2 fully saturated rings. The first-order chi connectivity index (χ1) is 19.1. The van der Waals surface area contributed by atoms with Gasteiger partial charge in [-0.05, 0) is 44.4 Å². The molecule has 3 N–H and O–H groups in total. The molecular formula is C30H35N5O5. The van der Waals surface area contributed by atoms with Crippen molar-refractivity contribution in [2.75, 3.05) is 6.54 Å². The Kier molecular flexibility index (Phi) is 7.51. The molecule has 2 aliphatic heterocycles. The van der Waals surface area contributed by atoms with Crippen LogP contribution in [0.1, 0.15) is 44.7 Å². The summed E-state index contributed by atoms with van der Waals surface area (Å²) in [6.07, 6.45) is 2.01. The van der Waals surface area contributed by atoms with Crippen molar-refractivity contribution >= 4 is 34.8 Å². The zero-order chi connectivity index (χ0) is 28.4. The molecule has 3 heterocycles. The molecule has 10 nitrogen and oxygen atoms in total. The lowest BCUT2D eigenvalue weighted by molar-refractivity contribution is -0.133. The van der Waals surface area contributed by atoms with E-state index < -0.39 is 35.7 Å². The summed E-state index contributed by atoms with van der Waals surface area (Å²) in [6, 6.07) is 15.0. The average Bonchev–Trinajstić information content (AvgIpc) is 3.50. The minimum atomic E-state index is -0.923. The number of amides is 5. The molecule has 40 heavy (non-hydrogen) atoms. The van der Waals surface area contributed by atoms with E-state index in [4.69, 9.17) is 4.74 Å². The van der Waals surface area contributed by atoms with Crippen LogP contribution in [-0.4, -0.2) is 69.0 Å². The van der Waals surface area contributed by atoms with Gasteiger partial charge in [0.1, 0.15) is 11.6 Å². The van der Waals surface area contributed by atoms with Crippen molar-refractivity contribution in [3.63, 3.8) is 0 Å². The maximum atomic E-state index is 13.6. The molecule has 3 atom stereocenters. The highest BCUT2D eigenvalue weighted by Gasteiger charge is 2.46. The first kappa shape index (κ1) is 27.2. The quantitative estimate of drug-likeness (QED) is 0.418. The fourth-order valence-corrected chi connectivity index (χ4v) is 5.45. The van der Waals surface area contributed by atoms with Crippen LogP contribution >= 0.6 is 0 Å². The van der Waals surface area contributed by atoms with Gasteiger partial charge in [0.2, 0.25) is 11.8 Å². The second kappa shape index (κ2) is 11.0. The molecule has 10 heteroatoms. The van der Waals surface area contributed by atoms with E-state index in [1.165, 1.54) is 4.90 Å². The van der Waals surface area contributed by atoms with Crippen LogP contribution in [0.15, 0.2) is 60.8 Å². The number of hydrogen-bond acceptors (Lipinski definition) is 5. The van der Waals surface area contributed by atoms with E-state index in [9.17, 15) is 19.2 Å². The number of fused-ring (bicyclic) bond motifs is 2. The summed E-state index contributed by atoms with van der Waals surface area (Å²) >= 11 is 0. The van der Waals surface area contributed by atoms with E-state index in [1.54, 1.807) is 25.7 Å². The Bertz CT molecular complexity index is 1410. The zero-order valence-electron chi connectivity index (χ0n) is 23.0. The molecule has 0 aliphatic carbocycles. The molecule has 210 valence electrons. The lowest BCUT2D eigenvalue weighted by Crippen LogP contribution is -2.59. The van der Waals surface area contributed by atoms with Crippen LogP contribution in [0.5, 0.6) is 0 Å². The fourth-order valence-electron chi connectivity index (χ4n) is 5.45. The number of alkyl carbamates (subject to hydrolysis) is 1. The van der Waals surface area contributed by atoms with Crippen LogP contribution in [0.4, 0.5) is 9.59 Å². The van der Waals surface area contributed by atoms with Gasteiger partial charge in [-0.15, -0.1) is 0 Å². The predicted octanol–water partition coefficient (Wildman–Crippen LogP) is 3.72. The number of benzene rings is 2. The van der Waals surface area contributed by atoms with Crippen molar-refractivity contribution in [3.05, 3.63) is 71.9 Å². The van der Waals surface area contributed by atoms with Gasteiger partial charge in [0.15, 0.2) is 0 Å². The number of H-pyrrole nitrogens is 1. The van der Waals surface area contributed by atoms with Crippen molar-refractivity contribution in [2.24, 2.45) is 0 Å². The van der Waals surface area contributed by atoms with Crippen LogP contribution in [0.3, 0.4) is 0 Å². The lowest BCUT2D eigenvalue weighted by Gasteiger charge is -2.38. The monoisotopic (exact) mass is 545 g/mol. The van der Waals surface area contributed by atoms with Crippen molar-refractivity contribution < 1.29 is 23.9 Å². The number of nitrogens with zero attached hydrogens (tertiary/aromatic N) is 2. The molecule has 1 aromatic heterocycles. The van der Waals surface area contributed by atoms with Gasteiger partial charge in [-0.1, -0.05) is 48.5 Å². The van der Waals surface area contributed by atoms with E-state index in [-0.39, 0.29) is 31.3 Å². The summed E-state index contributed by atoms with van der Waals surface area (Å²) in [5.74, 6) is -0.659. The van der Waals surface area contributed by atoms with Crippen molar-refractivity contribution in [1.82, 2.24) is 25.4 Å². The molecule has 0 radical (unpaired) electrons. The number of urea groups is 1. The third kappa shape index (κ3) is 5.95. The number of nitrogens with one attached hydrogen (secondary N) is 3. The molecule has 0 spiro atoms. The molecule has 2 aliphatic rings. The molecule has 2 aromatic carbocycles. The first-order valence-corrected chi connectivity index (χ1v) is 13.6. The van der Waals surface area contributed by atoms with Gasteiger partial charge in [0.05, 0.1) is 18.6 Å². The summed E-state index contributed by atoms with van der Waals surface area (Å²) in [5, 5.41) is 6.72. The second-order valence-corrected chi connectivity index (χ2v) is 11.4. The summed E-state index contributed by atoms with van der Waals surface area (Å²) in [6.45, 7) is 5.91. The highest BCUT2D eigenvalue weighted by atomic mass is 16.6. The SMILES string of the molecule is CC(C)(C)OC(=O)N[C@@H](Cc1c[nH]c2ccccc12)C(=O)N[C@@H]1CCN2C(=O)N(Cc3ccccc3)C(=O)C[C@H]12. The van der Waals surface area contributed by atoms with Gasteiger partial charge in [0, 0.05) is 36.5 Å². The summed E-state index contributed by atoms with van der Waals surface area (Å²) < 4.78 is 5.43. The minimum absolute atomic E-state index is 0.121. The maximum absolute atomic E-state index is 13.6. The van der Waals surface area contributed by atoms with E-state index in [2.05, 4.69) is 15.6 Å². The number of carbonyl (C=O) groups excluding carboxylic acids is 4. The van der Waals surface area contributed by atoms with Crippen molar-refractivity contribution in [3.8, 4) is 0 Å². The van der Waals surface area contributed by atoms with Gasteiger partial charge in [0.25, 0.3) is 0 Å².